The van der Waals surface area contributed by atoms with E-state index in [4.69, 9.17) is 9.84 Å². The summed E-state index contributed by atoms with van der Waals surface area (Å²) in [6, 6.07) is 0. The molecule has 0 saturated heterocycles. The fourth-order valence-electron chi connectivity index (χ4n) is 2.19. The van der Waals surface area contributed by atoms with Gasteiger partial charge >= 0.3 is 0 Å². The van der Waals surface area contributed by atoms with Gasteiger partial charge in [-0.15, -0.1) is 0 Å². The van der Waals surface area contributed by atoms with Gasteiger partial charge in [0, 0.05) is 6.61 Å². The summed E-state index contributed by atoms with van der Waals surface area (Å²) in [5.41, 5.74) is 0.502. The smallest absolute Gasteiger partial charge is 0.0697 e. The van der Waals surface area contributed by atoms with Crippen LogP contribution in [-0.2, 0) is 4.74 Å². The van der Waals surface area contributed by atoms with Crippen LogP contribution in [0.3, 0.4) is 0 Å². The minimum Gasteiger partial charge on any atom is -0.394 e. The van der Waals surface area contributed by atoms with E-state index >= 15 is 0 Å². The molecule has 0 aromatic heterocycles. The molecule has 0 heterocycles. The number of hydrogen-bond acceptors (Lipinski definition) is 2. The minimum absolute atomic E-state index is 0.147. The topological polar surface area (TPSA) is 29.5 Å². The molecule has 1 aliphatic rings. The molecule has 0 atom stereocenters. The molecule has 0 aromatic rings. The van der Waals surface area contributed by atoms with E-state index < -0.39 is 0 Å². The van der Waals surface area contributed by atoms with Crippen molar-refractivity contribution >= 4 is 0 Å². The SMILES string of the molecule is CC1CCC(C)(CCOCCO)CC1. The molecule has 2 nitrogen and oxygen atoms in total. The van der Waals surface area contributed by atoms with Gasteiger partial charge in [-0.05, 0) is 30.6 Å². The Hall–Kier alpha value is -0.0800. The van der Waals surface area contributed by atoms with E-state index in [0.717, 1.165) is 18.9 Å². The van der Waals surface area contributed by atoms with Crippen LogP contribution in [0.4, 0.5) is 0 Å². The number of aliphatic hydroxyl groups is 1. The van der Waals surface area contributed by atoms with Crippen LogP contribution >= 0.6 is 0 Å². The van der Waals surface area contributed by atoms with Crippen molar-refractivity contribution in [3.63, 3.8) is 0 Å². The third-order valence-electron chi connectivity index (χ3n) is 3.57. The van der Waals surface area contributed by atoms with Crippen molar-refractivity contribution < 1.29 is 9.84 Å². The average Bonchev–Trinajstić information content (AvgIpc) is 2.18. The summed E-state index contributed by atoms with van der Waals surface area (Å²) in [7, 11) is 0. The second kappa shape index (κ2) is 5.72. The maximum atomic E-state index is 8.58. The molecule has 1 fully saturated rings. The molecular weight excluding hydrogens is 176 g/mol. The van der Waals surface area contributed by atoms with Gasteiger partial charge in [-0.2, -0.15) is 0 Å². The third-order valence-corrected chi connectivity index (χ3v) is 3.57. The number of hydrogen-bond donors (Lipinski definition) is 1. The Labute approximate surface area is 87.7 Å². The highest BCUT2D eigenvalue weighted by molar-refractivity contribution is 4.80. The molecule has 0 bridgehead atoms. The van der Waals surface area contributed by atoms with Gasteiger partial charge in [0.1, 0.15) is 0 Å². The summed E-state index contributed by atoms with van der Waals surface area (Å²) in [6.07, 6.45) is 6.58. The van der Waals surface area contributed by atoms with E-state index in [9.17, 15) is 0 Å². The molecule has 1 N–H and O–H groups in total. The highest BCUT2D eigenvalue weighted by Gasteiger charge is 2.28. The second-order valence-corrected chi connectivity index (χ2v) is 5.08. The predicted molar refractivity (Wildman–Crippen MR) is 58.3 cm³/mol. The lowest BCUT2D eigenvalue weighted by Crippen LogP contribution is -2.25. The summed E-state index contributed by atoms with van der Waals surface area (Å²) in [4.78, 5) is 0. The quantitative estimate of drug-likeness (QED) is 0.691. The van der Waals surface area contributed by atoms with Gasteiger partial charge in [-0.3, -0.25) is 0 Å². The Morgan fingerprint density at radius 1 is 1.29 bits per heavy atom. The molecule has 84 valence electrons. The number of rotatable bonds is 5. The zero-order chi connectivity index (χ0) is 10.4. The van der Waals surface area contributed by atoms with Crippen LogP contribution < -0.4 is 0 Å². The standard InChI is InChI=1S/C12H24O2/c1-11-3-5-12(2,6-4-11)7-9-14-10-8-13/h11,13H,3-10H2,1-2H3. The molecule has 0 spiro atoms. The van der Waals surface area contributed by atoms with Crippen LogP contribution in [0, 0.1) is 11.3 Å². The third kappa shape index (κ3) is 3.97. The summed E-state index contributed by atoms with van der Waals surface area (Å²) in [5.74, 6) is 0.918. The first-order chi connectivity index (χ1) is 6.66. The summed E-state index contributed by atoms with van der Waals surface area (Å²) in [5, 5.41) is 8.58. The van der Waals surface area contributed by atoms with E-state index in [0.29, 0.717) is 12.0 Å². The fraction of sp³-hybridized carbons (Fsp3) is 1.00. The van der Waals surface area contributed by atoms with Crippen LogP contribution in [0.1, 0.15) is 46.0 Å². The Morgan fingerprint density at radius 3 is 2.50 bits per heavy atom. The van der Waals surface area contributed by atoms with Crippen LogP contribution in [0.15, 0.2) is 0 Å². The van der Waals surface area contributed by atoms with Crippen molar-refractivity contribution in [3.05, 3.63) is 0 Å². The van der Waals surface area contributed by atoms with Crippen molar-refractivity contribution in [3.8, 4) is 0 Å². The molecule has 14 heavy (non-hydrogen) atoms. The summed E-state index contributed by atoms with van der Waals surface area (Å²) < 4.78 is 5.33. The fourth-order valence-corrected chi connectivity index (χ4v) is 2.19. The minimum atomic E-state index is 0.147. The van der Waals surface area contributed by atoms with Crippen LogP contribution in [0.2, 0.25) is 0 Å². The van der Waals surface area contributed by atoms with Crippen molar-refractivity contribution in [1.29, 1.82) is 0 Å². The van der Waals surface area contributed by atoms with Gasteiger partial charge < -0.3 is 9.84 Å². The van der Waals surface area contributed by atoms with Gasteiger partial charge in [-0.25, -0.2) is 0 Å². The first-order valence-corrected chi connectivity index (χ1v) is 5.85. The molecule has 0 unspecified atom stereocenters. The van der Waals surface area contributed by atoms with Gasteiger partial charge in [0.2, 0.25) is 0 Å². The molecule has 0 aromatic carbocycles. The van der Waals surface area contributed by atoms with Crippen molar-refractivity contribution in [2.75, 3.05) is 19.8 Å². The maximum Gasteiger partial charge on any atom is 0.0697 e. The Kier molecular flexibility index (Phi) is 4.90. The second-order valence-electron chi connectivity index (χ2n) is 5.08. The van der Waals surface area contributed by atoms with E-state index in [1.54, 1.807) is 0 Å². The van der Waals surface area contributed by atoms with E-state index in [2.05, 4.69) is 13.8 Å². The van der Waals surface area contributed by atoms with Crippen molar-refractivity contribution in [2.45, 2.75) is 46.0 Å². The average molecular weight is 200 g/mol. The predicted octanol–water partition coefficient (Wildman–Crippen LogP) is 2.60. The van der Waals surface area contributed by atoms with Crippen LogP contribution in [0.5, 0.6) is 0 Å². The molecule has 1 saturated carbocycles. The zero-order valence-electron chi connectivity index (χ0n) is 9.59. The first kappa shape index (κ1) is 12.0. The molecule has 0 radical (unpaired) electrons. The highest BCUT2D eigenvalue weighted by atomic mass is 16.5. The molecule has 2 heteroatoms. The zero-order valence-corrected chi connectivity index (χ0v) is 9.59. The largest absolute Gasteiger partial charge is 0.394 e. The molecular formula is C12H24O2. The Bertz CT molecular complexity index is 148. The van der Waals surface area contributed by atoms with Crippen LogP contribution in [-0.4, -0.2) is 24.9 Å². The van der Waals surface area contributed by atoms with Crippen molar-refractivity contribution in [1.82, 2.24) is 0 Å². The molecule has 1 aliphatic carbocycles. The Balaban J connectivity index is 2.15. The first-order valence-electron chi connectivity index (χ1n) is 5.85. The lowest BCUT2D eigenvalue weighted by atomic mass is 9.70. The van der Waals surface area contributed by atoms with Gasteiger partial charge in [0.05, 0.1) is 13.2 Å². The molecule has 0 aliphatic heterocycles. The monoisotopic (exact) mass is 200 g/mol. The van der Waals surface area contributed by atoms with Gasteiger partial charge in [-0.1, -0.05) is 26.7 Å². The number of ether oxygens (including phenoxy) is 1. The van der Waals surface area contributed by atoms with E-state index in [1.807, 2.05) is 0 Å². The highest BCUT2D eigenvalue weighted by Crippen LogP contribution is 2.40. The van der Waals surface area contributed by atoms with Gasteiger partial charge in [0.15, 0.2) is 0 Å². The summed E-state index contributed by atoms with van der Waals surface area (Å²) >= 11 is 0. The normalized spacial score (nSPS) is 33.2. The van der Waals surface area contributed by atoms with E-state index in [-0.39, 0.29) is 6.61 Å². The van der Waals surface area contributed by atoms with Gasteiger partial charge in [0.25, 0.3) is 0 Å². The molecule has 1 rings (SSSR count). The Morgan fingerprint density at radius 2 is 1.93 bits per heavy atom. The van der Waals surface area contributed by atoms with Crippen molar-refractivity contribution in [2.24, 2.45) is 11.3 Å². The van der Waals surface area contributed by atoms with Crippen LogP contribution in [0.25, 0.3) is 0 Å². The number of aliphatic hydroxyl groups excluding tert-OH is 1. The lowest BCUT2D eigenvalue weighted by molar-refractivity contribution is 0.0546. The maximum absolute atomic E-state index is 8.58. The lowest BCUT2D eigenvalue weighted by Gasteiger charge is -2.36. The summed E-state index contributed by atoms with van der Waals surface area (Å²) in [6.45, 7) is 6.18. The molecule has 0 amide bonds. The van der Waals surface area contributed by atoms with E-state index in [1.165, 1.54) is 25.7 Å².